The predicted octanol–water partition coefficient (Wildman–Crippen LogP) is 6.22. The van der Waals surface area contributed by atoms with Crippen LogP contribution in [0, 0.1) is 0 Å². The van der Waals surface area contributed by atoms with Crippen molar-refractivity contribution >= 4 is 49.1 Å². The fourth-order valence-corrected chi connectivity index (χ4v) is 3.89. The quantitative estimate of drug-likeness (QED) is 0.206. The Kier molecular flexibility index (Phi) is 3.19. The maximum absolute atomic E-state index is 11.6. The molecule has 124 valence electrons. The van der Waals surface area contributed by atoms with Gasteiger partial charge in [-0.1, -0.05) is 66.7 Å². The second-order valence-electron chi connectivity index (χ2n) is 6.56. The monoisotopic (exact) mass is 336 g/mol. The van der Waals surface area contributed by atoms with E-state index in [4.69, 9.17) is 4.74 Å². The molecule has 0 bridgehead atoms. The highest BCUT2D eigenvalue weighted by atomic mass is 16.5. The van der Waals surface area contributed by atoms with Gasteiger partial charge in [0.15, 0.2) is 0 Å². The lowest BCUT2D eigenvalue weighted by molar-refractivity contribution is -0.131. The second kappa shape index (κ2) is 5.57. The zero-order chi connectivity index (χ0) is 17.7. The smallest absolute Gasteiger partial charge is 0.308 e. The predicted molar refractivity (Wildman–Crippen MR) is 108 cm³/mol. The Labute approximate surface area is 150 Å². The minimum Gasteiger partial charge on any atom is -0.426 e. The van der Waals surface area contributed by atoms with Gasteiger partial charge in [-0.05, 0) is 44.5 Å². The fourth-order valence-electron chi connectivity index (χ4n) is 3.89. The molecule has 0 heterocycles. The van der Waals surface area contributed by atoms with Crippen molar-refractivity contribution in [3.05, 3.63) is 78.9 Å². The molecule has 0 aliphatic heterocycles. The van der Waals surface area contributed by atoms with Crippen LogP contribution < -0.4 is 4.74 Å². The van der Waals surface area contributed by atoms with E-state index >= 15 is 0 Å². The van der Waals surface area contributed by atoms with Crippen molar-refractivity contribution < 1.29 is 9.53 Å². The van der Waals surface area contributed by atoms with E-state index in [9.17, 15) is 4.79 Å². The summed E-state index contributed by atoms with van der Waals surface area (Å²) in [4.78, 5) is 11.6. The average Bonchev–Trinajstić information content (AvgIpc) is 2.67. The van der Waals surface area contributed by atoms with Crippen molar-refractivity contribution in [2.45, 2.75) is 6.92 Å². The molecule has 0 radical (unpaired) electrons. The van der Waals surface area contributed by atoms with Crippen molar-refractivity contribution in [3.8, 4) is 5.75 Å². The highest BCUT2D eigenvalue weighted by Crippen LogP contribution is 2.40. The summed E-state index contributed by atoms with van der Waals surface area (Å²) in [5.74, 6) is 0.306. The average molecular weight is 336 g/mol. The zero-order valence-corrected chi connectivity index (χ0v) is 14.3. The Morgan fingerprint density at radius 2 is 1.27 bits per heavy atom. The highest BCUT2D eigenvalue weighted by Gasteiger charge is 2.13. The molecule has 0 fully saturated rings. The van der Waals surface area contributed by atoms with Crippen LogP contribution in [0.3, 0.4) is 0 Å². The van der Waals surface area contributed by atoms with Crippen LogP contribution in [-0.4, -0.2) is 5.97 Å². The molecular weight excluding hydrogens is 320 g/mol. The van der Waals surface area contributed by atoms with Crippen molar-refractivity contribution in [3.63, 3.8) is 0 Å². The molecule has 0 aliphatic rings. The van der Waals surface area contributed by atoms with Crippen LogP contribution in [0.15, 0.2) is 78.9 Å². The Balaban J connectivity index is 2.10. The lowest BCUT2D eigenvalue weighted by Gasteiger charge is -2.14. The van der Waals surface area contributed by atoms with Crippen LogP contribution in [0.4, 0.5) is 0 Å². The molecule has 0 saturated carbocycles. The van der Waals surface area contributed by atoms with Crippen LogP contribution in [0.1, 0.15) is 6.92 Å². The van der Waals surface area contributed by atoms with E-state index < -0.39 is 0 Å². The van der Waals surface area contributed by atoms with E-state index in [1.807, 2.05) is 12.1 Å². The lowest BCUT2D eigenvalue weighted by Crippen LogP contribution is -2.02. The molecule has 2 heteroatoms. The zero-order valence-electron chi connectivity index (χ0n) is 14.3. The van der Waals surface area contributed by atoms with Crippen LogP contribution in [0.25, 0.3) is 43.1 Å². The first-order valence-corrected chi connectivity index (χ1v) is 8.67. The van der Waals surface area contributed by atoms with Crippen molar-refractivity contribution in [1.82, 2.24) is 0 Å². The topological polar surface area (TPSA) is 26.3 Å². The summed E-state index contributed by atoms with van der Waals surface area (Å²) >= 11 is 0. The summed E-state index contributed by atoms with van der Waals surface area (Å²) in [5, 5.41) is 9.12. The number of esters is 1. The summed E-state index contributed by atoms with van der Waals surface area (Å²) in [7, 11) is 0. The Morgan fingerprint density at radius 1 is 0.654 bits per heavy atom. The molecule has 0 aromatic heterocycles. The van der Waals surface area contributed by atoms with Crippen LogP contribution in [-0.2, 0) is 4.79 Å². The third kappa shape index (κ3) is 2.16. The number of benzene rings is 5. The van der Waals surface area contributed by atoms with Crippen LogP contribution in [0.2, 0.25) is 0 Å². The highest BCUT2D eigenvalue weighted by molar-refractivity contribution is 6.28. The first-order valence-electron chi connectivity index (χ1n) is 8.67. The van der Waals surface area contributed by atoms with Gasteiger partial charge in [0, 0.05) is 17.7 Å². The van der Waals surface area contributed by atoms with E-state index in [1.165, 1.54) is 33.9 Å². The van der Waals surface area contributed by atoms with Gasteiger partial charge in [0.1, 0.15) is 5.75 Å². The molecule has 0 unspecified atom stereocenters. The number of hydrogen-bond acceptors (Lipinski definition) is 2. The number of hydrogen-bond donors (Lipinski definition) is 0. The molecular formula is C24H16O2. The van der Waals surface area contributed by atoms with E-state index in [0.29, 0.717) is 5.75 Å². The summed E-state index contributed by atoms with van der Waals surface area (Å²) in [6, 6.07) is 27.1. The lowest BCUT2D eigenvalue weighted by atomic mass is 9.92. The van der Waals surface area contributed by atoms with Gasteiger partial charge in [0.2, 0.25) is 0 Å². The summed E-state index contributed by atoms with van der Waals surface area (Å²) in [5.41, 5.74) is 0. The number of carbonyl (C=O) groups is 1. The molecule has 5 rings (SSSR count). The minimum absolute atomic E-state index is 0.306. The normalized spacial score (nSPS) is 11.4. The van der Waals surface area contributed by atoms with Crippen LogP contribution in [0.5, 0.6) is 5.75 Å². The molecule has 5 aromatic rings. The molecule has 0 spiro atoms. The number of fused-ring (bicyclic) bond motifs is 7. The van der Waals surface area contributed by atoms with Gasteiger partial charge in [0.05, 0.1) is 0 Å². The molecule has 26 heavy (non-hydrogen) atoms. The van der Waals surface area contributed by atoms with Crippen molar-refractivity contribution in [2.75, 3.05) is 0 Å². The van der Waals surface area contributed by atoms with Gasteiger partial charge >= 0.3 is 5.97 Å². The Bertz CT molecular complexity index is 1330. The molecule has 0 saturated heterocycles. The Morgan fingerprint density at radius 3 is 2.04 bits per heavy atom. The third-order valence-electron chi connectivity index (χ3n) is 4.95. The number of carbonyl (C=O) groups excluding carboxylic acids is 1. The molecule has 2 nitrogen and oxygen atoms in total. The van der Waals surface area contributed by atoms with Gasteiger partial charge in [-0.2, -0.15) is 0 Å². The van der Waals surface area contributed by atoms with Gasteiger partial charge in [-0.15, -0.1) is 0 Å². The second-order valence-corrected chi connectivity index (χ2v) is 6.56. The van der Waals surface area contributed by atoms with Gasteiger partial charge < -0.3 is 4.74 Å². The first-order chi connectivity index (χ1) is 12.7. The van der Waals surface area contributed by atoms with E-state index in [0.717, 1.165) is 16.2 Å². The van der Waals surface area contributed by atoms with E-state index in [2.05, 4.69) is 66.7 Å². The molecule has 0 amide bonds. The molecule has 0 atom stereocenters. The summed E-state index contributed by atoms with van der Waals surface area (Å²) in [6.45, 7) is 1.44. The fraction of sp³-hybridized carbons (Fsp3) is 0.0417. The maximum Gasteiger partial charge on any atom is 0.308 e. The van der Waals surface area contributed by atoms with Gasteiger partial charge in [-0.25, -0.2) is 0 Å². The summed E-state index contributed by atoms with van der Waals surface area (Å²) < 4.78 is 5.56. The SMILES string of the molecule is CC(=O)Oc1cc2ccccc2c2c1ccc1ccc3ccccc3c12. The largest absolute Gasteiger partial charge is 0.426 e. The Hall–Kier alpha value is -3.39. The van der Waals surface area contributed by atoms with Gasteiger partial charge in [-0.3, -0.25) is 4.79 Å². The van der Waals surface area contributed by atoms with Crippen molar-refractivity contribution in [1.29, 1.82) is 0 Å². The third-order valence-corrected chi connectivity index (χ3v) is 4.95. The van der Waals surface area contributed by atoms with Gasteiger partial charge in [0.25, 0.3) is 0 Å². The maximum atomic E-state index is 11.6. The van der Waals surface area contributed by atoms with E-state index in [-0.39, 0.29) is 5.97 Å². The van der Waals surface area contributed by atoms with E-state index in [1.54, 1.807) is 0 Å². The number of rotatable bonds is 1. The number of ether oxygens (including phenoxy) is 1. The molecule has 0 aliphatic carbocycles. The molecule has 5 aromatic carbocycles. The summed E-state index contributed by atoms with van der Waals surface area (Å²) in [6.07, 6.45) is 0. The minimum atomic E-state index is -0.306. The van der Waals surface area contributed by atoms with Crippen LogP contribution >= 0.6 is 0 Å². The van der Waals surface area contributed by atoms with Crippen molar-refractivity contribution in [2.24, 2.45) is 0 Å². The first kappa shape index (κ1) is 14.9. The standard InChI is InChI=1S/C24H16O2/c1-15(25)26-22-14-18-7-3-5-9-20(18)24-21(22)13-12-17-11-10-16-6-2-4-8-19(16)23(17)24/h2-14H,1H3. The molecule has 0 N–H and O–H groups in total.